The van der Waals surface area contributed by atoms with Crippen LogP contribution in [0.2, 0.25) is 0 Å². The smallest absolute Gasteiger partial charge is 0.390 e. The van der Waals surface area contributed by atoms with Gasteiger partial charge in [-0.05, 0) is 23.1 Å². The number of hydrogen-bond donors (Lipinski definition) is 5. The largest absolute Gasteiger partial charge is 0.490 e. The van der Waals surface area contributed by atoms with Gasteiger partial charge in [0.25, 0.3) is 0 Å². The van der Waals surface area contributed by atoms with Gasteiger partial charge in [-0.3, -0.25) is 9.05 Å². The topological polar surface area (TPSA) is 225 Å². The molecule has 35 heavy (non-hydrogen) atoms. The van der Waals surface area contributed by atoms with Gasteiger partial charge >= 0.3 is 31.3 Å². The lowest BCUT2D eigenvalue weighted by molar-refractivity contribution is -0.0130. The Bertz CT molecular complexity index is 1170. The van der Waals surface area contributed by atoms with Gasteiger partial charge in [-0.25, -0.2) is 18.3 Å². The van der Waals surface area contributed by atoms with Crippen molar-refractivity contribution in [1.82, 2.24) is 0 Å². The minimum atomic E-state index is -5.86. The van der Waals surface area contributed by atoms with E-state index in [0.29, 0.717) is 13.5 Å². The molecule has 1 aliphatic carbocycles. The van der Waals surface area contributed by atoms with Crippen molar-refractivity contribution in [3.63, 3.8) is 0 Å². The van der Waals surface area contributed by atoms with Crippen molar-refractivity contribution in [3.8, 4) is 0 Å². The molecule has 0 bridgehead atoms. The second-order valence-electron chi connectivity index (χ2n) is 7.64. The molecule has 19 heteroatoms. The number of rotatable bonds is 11. The Kier molecular flexibility index (Phi) is 8.84. The summed E-state index contributed by atoms with van der Waals surface area (Å²) in [4.78, 5) is 37.5. The minimum absolute atomic E-state index is 0.428. The highest BCUT2D eigenvalue weighted by Crippen LogP contribution is 2.71. The maximum Gasteiger partial charge on any atom is 0.490 e. The molecule has 0 amide bonds. The van der Waals surface area contributed by atoms with Gasteiger partial charge in [-0.2, -0.15) is 12.9 Å². The SMILES string of the molecule is COP(=O)(O)OP(=O)(O)OP(=O)(O)OP(=O)(O)OC[C@H]1O[C@@H](C2=Cc3ccccc3C2)C(C)[C@H]1O. The summed E-state index contributed by atoms with van der Waals surface area (Å²) in [6.45, 7) is 0.946. The van der Waals surface area contributed by atoms with Gasteiger partial charge in [0, 0.05) is 13.0 Å². The van der Waals surface area contributed by atoms with Crippen LogP contribution in [-0.2, 0) is 51.4 Å². The first-order valence-corrected chi connectivity index (χ1v) is 15.8. The van der Waals surface area contributed by atoms with Crippen LogP contribution in [0.1, 0.15) is 18.1 Å². The summed E-state index contributed by atoms with van der Waals surface area (Å²) in [6.07, 6.45) is -0.288. The highest BCUT2D eigenvalue weighted by molar-refractivity contribution is 7.69. The molecule has 1 fully saturated rings. The Morgan fingerprint density at radius 2 is 1.51 bits per heavy atom. The van der Waals surface area contributed by atoms with E-state index in [4.69, 9.17) is 9.63 Å². The van der Waals surface area contributed by atoms with Crippen LogP contribution in [0.4, 0.5) is 0 Å². The van der Waals surface area contributed by atoms with Crippen LogP contribution < -0.4 is 0 Å². The molecule has 0 radical (unpaired) electrons. The fraction of sp³-hybridized carbons (Fsp3) is 0.500. The van der Waals surface area contributed by atoms with Crippen molar-refractivity contribution >= 4 is 37.4 Å². The molecule has 3 rings (SSSR count). The Balaban J connectivity index is 1.58. The predicted octanol–water partition coefficient (Wildman–Crippen LogP) is 2.50. The Hall–Kier alpha value is -0.560. The normalized spacial score (nSPS) is 31.0. The van der Waals surface area contributed by atoms with Crippen LogP contribution in [0.25, 0.3) is 6.08 Å². The zero-order chi connectivity index (χ0) is 26.2. The van der Waals surface area contributed by atoms with Crippen molar-refractivity contribution in [1.29, 1.82) is 0 Å². The molecule has 1 aliphatic heterocycles. The summed E-state index contributed by atoms with van der Waals surface area (Å²) in [5.74, 6) is -0.428. The first-order chi connectivity index (χ1) is 16.0. The van der Waals surface area contributed by atoms with Gasteiger partial charge in [0.15, 0.2) is 0 Å². The van der Waals surface area contributed by atoms with Gasteiger partial charge in [0.05, 0.1) is 18.8 Å². The van der Waals surface area contributed by atoms with Crippen LogP contribution in [0, 0.1) is 5.92 Å². The number of fused-ring (bicyclic) bond motifs is 1. The zero-order valence-corrected chi connectivity index (χ0v) is 21.8. The summed E-state index contributed by atoms with van der Waals surface area (Å²) in [7, 11) is -21.6. The van der Waals surface area contributed by atoms with E-state index in [1.807, 2.05) is 30.3 Å². The predicted molar refractivity (Wildman–Crippen MR) is 117 cm³/mol. The van der Waals surface area contributed by atoms with E-state index >= 15 is 0 Å². The molecule has 0 saturated carbocycles. The van der Waals surface area contributed by atoms with Gasteiger partial charge in [0.1, 0.15) is 6.10 Å². The molecule has 0 spiro atoms. The lowest BCUT2D eigenvalue weighted by Gasteiger charge is -2.20. The van der Waals surface area contributed by atoms with Crippen molar-refractivity contribution < 1.29 is 69.7 Å². The summed E-state index contributed by atoms with van der Waals surface area (Å²) >= 11 is 0. The van der Waals surface area contributed by atoms with Gasteiger partial charge < -0.3 is 29.4 Å². The number of phosphoric ester groups is 2. The Labute approximate surface area is 199 Å². The van der Waals surface area contributed by atoms with Crippen molar-refractivity contribution in [2.45, 2.75) is 31.7 Å². The first kappa shape index (κ1) is 29.0. The van der Waals surface area contributed by atoms with Crippen LogP contribution in [0.3, 0.4) is 0 Å². The molecule has 1 aromatic carbocycles. The molecule has 15 nitrogen and oxygen atoms in total. The third kappa shape index (κ3) is 7.72. The monoisotopic (exact) mass is 580 g/mol. The summed E-state index contributed by atoms with van der Waals surface area (Å²) in [6, 6.07) is 7.66. The zero-order valence-electron chi connectivity index (χ0n) is 18.2. The average molecular weight is 580 g/mol. The maximum atomic E-state index is 12.1. The van der Waals surface area contributed by atoms with E-state index in [9.17, 15) is 38.0 Å². The highest BCUT2D eigenvalue weighted by atomic mass is 31.3. The maximum absolute atomic E-state index is 12.1. The average Bonchev–Trinajstić information content (AvgIpc) is 3.25. The highest BCUT2D eigenvalue weighted by Gasteiger charge is 2.47. The quantitative estimate of drug-likeness (QED) is 0.237. The lowest BCUT2D eigenvalue weighted by Crippen LogP contribution is -2.29. The fourth-order valence-electron chi connectivity index (χ4n) is 3.61. The second kappa shape index (κ2) is 10.7. The van der Waals surface area contributed by atoms with Gasteiger partial charge in [0.2, 0.25) is 0 Å². The third-order valence-electron chi connectivity index (χ3n) is 5.13. The molecule has 1 heterocycles. The molecule has 1 aromatic rings. The number of benzene rings is 1. The second-order valence-corrected chi connectivity index (χ2v) is 14.0. The molecule has 0 aromatic heterocycles. The molecule has 8 atom stereocenters. The van der Waals surface area contributed by atoms with E-state index in [-0.39, 0.29) is 0 Å². The standard InChI is InChI=1S/C16H24O15P4/c1-10-15(17)14(28-16(10)13-7-11-5-3-4-6-12(11)8-13)9-27-33(20,21)30-35(24,25)31-34(22,23)29-32(18,19)26-2/h3-7,10,14-17H,8-9H2,1-2H3,(H,18,19)(H,20,21)(H,22,23)(H,24,25)/t10?,14-,15-,16-/m1/s1. The molecule has 5 N–H and O–H groups in total. The molecule has 1 saturated heterocycles. The number of aliphatic hydroxyl groups is 1. The van der Waals surface area contributed by atoms with Crippen LogP contribution >= 0.6 is 31.3 Å². The molecule has 2 aliphatic rings. The van der Waals surface area contributed by atoms with Crippen LogP contribution in [0.15, 0.2) is 29.8 Å². The molecule has 198 valence electrons. The number of aliphatic hydroxyl groups excluding tert-OH is 1. The van der Waals surface area contributed by atoms with Crippen molar-refractivity contribution in [2.75, 3.05) is 13.7 Å². The van der Waals surface area contributed by atoms with Crippen LogP contribution in [0.5, 0.6) is 0 Å². The Morgan fingerprint density at radius 3 is 2.11 bits per heavy atom. The minimum Gasteiger partial charge on any atom is -0.390 e. The van der Waals surface area contributed by atoms with E-state index in [2.05, 4.69) is 22.0 Å². The number of hydrogen-bond acceptors (Lipinski definition) is 11. The van der Waals surface area contributed by atoms with Crippen molar-refractivity contribution in [2.24, 2.45) is 5.92 Å². The van der Waals surface area contributed by atoms with E-state index in [0.717, 1.165) is 16.7 Å². The third-order valence-corrected chi connectivity index (χ3v) is 11.0. The summed E-state index contributed by atoms with van der Waals surface area (Å²) in [5, 5.41) is 10.5. The van der Waals surface area contributed by atoms with Crippen molar-refractivity contribution in [3.05, 3.63) is 41.0 Å². The van der Waals surface area contributed by atoms with Gasteiger partial charge in [-0.15, -0.1) is 0 Å². The fourth-order valence-corrected chi connectivity index (χ4v) is 8.30. The number of phosphoric acid groups is 4. The molecular weight excluding hydrogens is 556 g/mol. The molecular formula is C16H24O15P4. The van der Waals surface area contributed by atoms with Gasteiger partial charge in [-0.1, -0.05) is 37.3 Å². The van der Waals surface area contributed by atoms with E-state index in [1.165, 1.54) is 0 Å². The Morgan fingerprint density at radius 1 is 0.943 bits per heavy atom. The lowest BCUT2D eigenvalue weighted by atomic mass is 9.93. The van der Waals surface area contributed by atoms with E-state index < -0.39 is 62.1 Å². The summed E-state index contributed by atoms with van der Waals surface area (Å²) < 4.78 is 72.3. The van der Waals surface area contributed by atoms with Crippen LogP contribution in [-0.4, -0.2) is 56.7 Å². The number of ether oxygens (including phenoxy) is 1. The van der Waals surface area contributed by atoms with E-state index in [1.54, 1.807) is 6.92 Å². The first-order valence-electron chi connectivity index (χ1n) is 9.80. The molecule has 5 unspecified atom stereocenters. The summed E-state index contributed by atoms with van der Waals surface area (Å²) in [5.41, 5.74) is 2.97.